The molecule has 0 radical (unpaired) electrons. The predicted octanol–water partition coefficient (Wildman–Crippen LogP) is 2.93. The van der Waals surface area contributed by atoms with Crippen LogP contribution < -0.4 is 5.32 Å². The second-order valence-electron chi connectivity index (χ2n) is 6.90. The van der Waals surface area contributed by atoms with Gasteiger partial charge in [-0.05, 0) is 36.9 Å². The molecule has 1 saturated heterocycles. The SMILES string of the molecule is CC(C)c1cc(C(=O)N[C@H]2CCCN(Cc3ccccc3)C2)n[nH]1. The molecule has 1 aromatic carbocycles. The maximum Gasteiger partial charge on any atom is 0.272 e. The molecule has 0 bridgehead atoms. The van der Waals surface area contributed by atoms with Gasteiger partial charge in [-0.1, -0.05) is 44.2 Å². The van der Waals surface area contributed by atoms with Crippen molar-refractivity contribution in [1.82, 2.24) is 20.4 Å². The molecule has 1 aliphatic rings. The lowest BCUT2D eigenvalue weighted by atomic mass is 10.0. The van der Waals surface area contributed by atoms with E-state index in [9.17, 15) is 4.79 Å². The summed E-state index contributed by atoms with van der Waals surface area (Å²) in [5, 5.41) is 10.2. The van der Waals surface area contributed by atoms with E-state index >= 15 is 0 Å². The number of rotatable bonds is 5. The number of amides is 1. The number of aromatic amines is 1. The topological polar surface area (TPSA) is 61.0 Å². The van der Waals surface area contributed by atoms with Crippen LogP contribution in [0.25, 0.3) is 0 Å². The first-order valence-corrected chi connectivity index (χ1v) is 8.74. The second kappa shape index (κ2) is 7.62. The molecule has 5 nitrogen and oxygen atoms in total. The zero-order valence-corrected chi connectivity index (χ0v) is 14.5. The highest BCUT2D eigenvalue weighted by Crippen LogP contribution is 2.15. The minimum absolute atomic E-state index is 0.0790. The van der Waals surface area contributed by atoms with Crippen LogP contribution in [-0.2, 0) is 6.54 Å². The van der Waals surface area contributed by atoms with Crippen molar-refractivity contribution in [3.8, 4) is 0 Å². The molecule has 2 N–H and O–H groups in total. The number of carbonyl (C=O) groups is 1. The number of benzene rings is 1. The Morgan fingerprint density at radius 1 is 1.38 bits per heavy atom. The van der Waals surface area contributed by atoms with Gasteiger partial charge in [-0.3, -0.25) is 14.8 Å². The van der Waals surface area contributed by atoms with Crippen molar-refractivity contribution >= 4 is 5.91 Å². The molecule has 0 saturated carbocycles. The lowest BCUT2D eigenvalue weighted by molar-refractivity contribution is 0.0895. The van der Waals surface area contributed by atoms with E-state index in [1.165, 1.54) is 5.56 Å². The van der Waals surface area contributed by atoms with Crippen molar-refractivity contribution < 1.29 is 4.79 Å². The van der Waals surface area contributed by atoms with Crippen LogP contribution in [-0.4, -0.2) is 40.1 Å². The number of likely N-dealkylation sites (tertiary alicyclic amines) is 1. The molecule has 1 atom stereocenters. The Bertz CT molecular complexity index is 665. The minimum atomic E-state index is -0.0790. The lowest BCUT2D eigenvalue weighted by Crippen LogP contribution is -2.47. The number of H-pyrrole nitrogens is 1. The van der Waals surface area contributed by atoms with Gasteiger partial charge in [0.15, 0.2) is 0 Å². The fourth-order valence-electron chi connectivity index (χ4n) is 3.17. The highest BCUT2D eigenvalue weighted by atomic mass is 16.2. The van der Waals surface area contributed by atoms with E-state index < -0.39 is 0 Å². The average molecular weight is 326 g/mol. The first-order valence-electron chi connectivity index (χ1n) is 8.74. The van der Waals surface area contributed by atoms with Crippen molar-refractivity contribution in [1.29, 1.82) is 0 Å². The largest absolute Gasteiger partial charge is 0.347 e. The number of aromatic nitrogens is 2. The van der Waals surface area contributed by atoms with Gasteiger partial charge in [0.05, 0.1) is 0 Å². The van der Waals surface area contributed by atoms with E-state index in [4.69, 9.17) is 0 Å². The van der Waals surface area contributed by atoms with Gasteiger partial charge >= 0.3 is 0 Å². The van der Waals surface area contributed by atoms with Gasteiger partial charge in [0.25, 0.3) is 5.91 Å². The molecule has 0 spiro atoms. The van der Waals surface area contributed by atoms with Crippen LogP contribution in [0, 0.1) is 0 Å². The quantitative estimate of drug-likeness (QED) is 0.888. The van der Waals surface area contributed by atoms with E-state index in [0.717, 1.165) is 38.2 Å². The predicted molar refractivity (Wildman–Crippen MR) is 94.9 cm³/mol. The van der Waals surface area contributed by atoms with Crippen molar-refractivity contribution in [2.24, 2.45) is 0 Å². The van der Waals surface area contributed by atoms with E-state index in [-0.39, 0.29) is 11.9 Å². The summed E-state index contributed by atoms with van der Waals surface area (Å²) in [5.74, 6) is 0.264. The maximum atomic E-state index is 12.4. The van der Waals surface area contributed by atoms with Gasteiger partial charge in [0, 0.05) is 24.8 Å². The number of carbonyl (C=O) groups excluding carboxylic acids is 1. The number of nitrogens with one attached hydrogen (secondary N) is 2. The molecule has 5 heteroatoms. The van der Waals surface area contributed by atoms with Crippen molar-refractivity contribution in [2.75, 3.05) is 13.1 Å². The number of nitrogens with zero attached hydrogens (tertiary/aromatic N) is 2. The molecule has 128 valence electrons. The van der Waals surface area contributed by atoms with Crippen LogP contribution in [0.5, 0.6) is 0 Å². The summed E-state index contributed by atoms with van der Waals surface area (Å²) in [6, 6.07) is 12.5. The minimum Gasteiger partial charge on any atom is -0.347 e. The molecule has 1 fully saturated rings. The fraction of sp³-hybridized carbons (Fsp3) is 0.474. The molecular weight excluding hydrogens is 300 g/mol. The highest BCUT2D eigenvalue weighted by Gasteiger charge is 2.23. The monoisotopic (exact) mass is 326 g/mol. The molecular formula is C19H26N4O. The number of piperidine rings is 1. The first-order chi connectivity index (χ1) is 11.6. The van der Waals surface area contributed by atoms with Crippen LogP contribution in [0.2, 0.25) is 0 Å². The standard InChI is InChI=1S/C19H26N4O/c1-14(2)17-11-18(22-21-17)19(24)20-16-9-6-10-23(13-16)12-15-7-4-3-5-8-15/h3-5,7-8,11,14,16H,6,9-10,12-13H2,1-2H3,(H,20,24)(H,21,22)/t16-/m0/s1. The Labute approximate surface area is 143 Å². The maximum absolute atomic E-state index is 12.4. The van der Waals surface area contributed by atoms with Gasteiger partial charge < -0.3 is 5.32 Å². The Balaban J connectivity index is 1.55. The molecule has 0 unspecified atom stereocenters. The molecule has 2 aromatic rings. The molecule has 3 rings (SSSR count). The molecule has 0 aliphatic carbocycles. The summed E-state index contributed by atoms with van der Waals surface area (Å²) in [5.41, 5.74) is 2.80. The van der Waals surface area contributed by atoms with Gasteiger partial charge in [0.1, 0.15) is 5.69 Å². The van der Waals surface area contributed by atoms with Gasteiger partial charge in [-0.25, -0.2) is 0 Å². The Morgan fingerprint density at radius 3 is 2.88 bits per heavy atom. The highest BCUT2D eigenvalue weighted by molar-refractivity contribution is 5.92. The van der Waals surface area contributed by atoms with E-state index in [1.807, 2.05) is 12.1 Å². The number of hydrogen-bond acceptors (Lipinski definition) is 3. The molecule has 1 aliphatic heterocycles. The molecule has 1 amide bonds. The van der Waals surface area contributed by atoms with E-state index in [1.54, 1.807) is 0 Å². The number of hydrogen-bond donors (Lipinski definition) is 2. The second-order valence-corrected chi connectivity index (χ2v) is 6.90. The van der Waals surface area contributed by atoms with Crippen LogP contribution >= 0.6 is 0 Å². The van der Waals surface area contributed by atoms with Crippen molar-refractivity contribution in [3.05, 3.63) is 53.3 Å². The van der Waals surface area contributed by atoms with Crippen LogP contribution in [0.1, 0.15) is 54.4 Å². The Kier molecular flexibility index (Phi) is 5.30. The van der Waals surface area contributed by atoms with Gasteiger partial charge in [-0.15, -0.1) is 0 Å². The van der Waals surface area contributed by atoms with E-state index in [0.29, 0.717) is 11.6 Å². The summed E-state index contributed by atoms with van der Waals surface area (Å²) in [4.78, 5) is 14.8. The summed E-state index contributed by atoms with van der Waals surface area (Å²) in [6.45, 7) is 7.08. The van der Waals surface area contributed by atoms with Gasteiger partial charge in [-0.2, -0.15) is 5.10 Å². The first kappa shape index (κ1) is 16.7. The van der Waals surface area contributed by atoms with E-state index in [2.05, 4.69) is 58.5 Å². The Hall–Kier alpha value is -2.14. The summed E-state index contributed by atoms with van der Waals surface area (Å²) in [6.07, 6.45) is 2.13. The van der Waals surface area contributed by atoms with Crippen LogP contribution in [0.15, 0.2) is 36.4 Å². The van der Waals surface area contributed by atoms with Gasteiger partial charge in [0.2, 0.25) is 0 Å². The van der Waals surface area contributed by atoms with Crippen molar-refractivity contribution in [2.45, 2.75) is 45.2 Å². The van der Waals surface area contributed by atoms with Crippen molar-refractivity contribution in [3.63, 3.8) is 0 Å². The third-order valence-corrected chi connectivity index (χ3v) is 4.54. The van der Waals surface area contributed by atoms with Crippen LogP contribution in [0.3, 0.4) is 0 Å². The summed E-state index contributed by atoms with van der Waals surface area (Å²) >= 11 is 0. The Morgan fingerprint density at radius 2 is 2.17 bits per heavy atom. The van der Waals surface area contributed by atoms with Crippen LogP contribution in [0.4, 0.5) is 0 Å². The molecule has 24 heavy (non-hydrogen) atoms. The molecule has 2 heterocycles. The zero-order chi connectivity index (χ0) is 16.9. The third-order valence-electron chi connectivity index (χ3n) is 4.54. The zero-order valence-electron chi connectivity index (χ0n) is 14.5. The summed E-state index contributed by atoms with van der Waals surface area (Å²) in [7, 11) is 0. The average Bonchev–Trinajstić information content (AvgIpc) is 3.06. The fourth-order valence-corrected chi connectivity index (χ4v) is 3.17. The third kappa shape index (κ3) is 4.23. The lowest BCUT2D eigenvalue weighted by Gasteiger charge is -2.33. The normalized spacial score (nSPS) is 18.7. The molecule has 1 aromatic heterocycles. The summed E-state index contributed by atoms with van der Waals surface area (Å²) < 4.78 is 0. The smallest absolute Gasteiger partial charge is 0.272 e.